The molecule has 82 valence electrons. The topological polar surface area (TPSA) is 69.1 Å². The van der Waals surface area contributed by atoms with Crippen molar-refractivity contribution in [1.29, 1.82) is 0 Å². The summed E-state index contributed by atoms with van der Waals surface area (Å²) in [5, 5.41) is 7.55. The maximum atomic E-state index is 5.84. The smallest absolute Gasteiger partial charge is 0.125 e. The van der Waals surface area contributed by atoms with Crippen LogP contribution in [0.3, 0.4) is 0 Å². The fourth-order valence-corrected chi connectivity index (χ4v) is 1.33. The molecule has 2 rings (SSSR count). The van der Waals surface area contributed by atoms with Crippen LogP contribution in [0.4, 0.5) is 0 Å². The Morgan fingerprint density at radius 3 is 2.81 bits per heavy atom. The van der Waals surface area contributed by atoms with E-state index in [9.17, 15) is 0 Å². The molecule has 0 fully saturated rings. The number of nitrogens with two attached hydrogens (primary N) is 1. The lowest BCUT2D eigenvalue weighted by molar-refractivity contribution is 0.599. The van der Waals surface area contributed by atoms with Crippen LogP contribution < -0.4 is 5.73 Å². The van der Waals surface area contributed by atoms with E-state index in [0.717, 1.165) is 5.56 Å². The van der Waals surface area contributed by atoms with Crippen LogP contribution >= 0.6 is 0 Å². The second-order valence-electron chi connectivity index (χ2n) is 3.30. The largest absolute Gasteiger partial charge is 0.384 e. The summed E-state index contributed by atoms with van der Waals surface area (Å²) in [6.45, 7) is 1.29. The molecule has 0 amide bonds. The first-order valence-electron chi connectivity index (χ1n) is 5.06. The summed E-state index contributed by atoms with van der Waals surface area (Å²) in [7, 11) is 0. The van der Waals surface area contributed by atoms with Gasteiger partial charge in [-0.05, 0) is 0 Å². The Hall–Kier alpha value is -2.17. The van der Waals surface area contributed by atoms with Crippen molar-refractivity contribution in [2.24, 2.45) is 10.7 Å². The van der Waals surface area contributed by atoms with Gasteiger partial charge in [-0.3, -0.25) is 9.67 Å². The minimum atomic E-state index is 0.556. The van der Waals surface area contributed by atoms with Gasteiger partial charge < -0.3 is 5.73 Å². The Morgan fingerprint density at radius 1 is 1.31 bits per heavy atom. The maximum absolute atomic E-state index is 5.84. The van der Waals surface area contributed by atoms with Crippen LogP contribution in [0.25, 0.3) is 0 Å². The van der Waals surface area contributed by atoms with Gasteiger partial charge in [-0.15, -0.1) is 5.10 Å². The van der Waals surface area contributed by atoms with E-state index in [0.29, 0.717) is 18.9 Å². The lowest BCUT2D eigenvalue weighted by Crippen LogP contribution is -2.15. The van der Waals surface area contributed by atoms with Crippen LogP contribution in [-0.2, 0) is 6.54 Å². The number of hydrogen-bond acceptors (Lipinski definition) is 3. The summed E-state index contributed by atoms with van der Waals surface area (Å²) in [6, 6.07) is 9.71. The maximum Gasteiger partial charge on any atom is 0.125 e. The average molecular weight is 215 g/mol. The van der Waals surface area contributed by atoms with Crippen molar-refractivity contribution in [3.63, 3.8) is 0 Å². The first-order chi connectivity index (χ1) is 7.86. The van der Waals surface area contributed by atoms with E-state index in [1.54, 1.807) is 17.1 Å². The molecule has 0 atom stereocenters. The van der Waals surface area contributed by atoms with Gasteiger partial charge in [-0.1, -0.05) is 35.5 Å². The molecule has 2 N–H and O–H groups in total. The zero-order valence-electron chi connectivity index (χ0n) is 8.82. The fraction of sp³-hybridized carbons (Fsp3) is 0.182. The highest BCUT2D eigenvalue weighted by Crippen LogP contribution is 1.97. The third kappa shape index (κ3) is 2.66. The molecule has 0 unspecified atom stereocenters. The SMILES string of the molecule is NC(=NCCn1ccnn1)c1ccccc1. The highest BCUT2D eigenvalue weighted by atomic mass is 15.4. The van der Waals surface area contributed by atoms with Gasteiger partial charge in [-0.25, -0.2) is 0 Å². The van der Waals surface area contributed by atoms with E-state index in [1.165, 1.54) is 0 Å². The van der Waals surface area contributed by atoms with Gasteiger partial charge in [0.15, 0.2) is 0 Å². The Labute approximate surface area is 93.6 Å². The molecule has 0 bridgehead atoms. The van der Waals surface area contributed by atoms with Crippen molar-refractivity contribution in [1.82, 2.24) is 15.0 Å². The van der Waals surface area contributed by atoms with E-state index in [1.807, 2.05) is 30.3 Å². The summed E-state index contributed by atoms with van der Waals surface area (Å²) in [4.78, 5) is 4.28. The second kappa shape index (κ2) is 5.06. The Balaban J connectivity index is 1.93. The number of nitrogens with zero attached hydrogens (tertiary/aromatic N) is 4. The highest BCUT2D eigenvalue weighted by Gasteiger charge is 1.96. The van der Waals surface area contributed by atoms with Crippen LogP contribution in [0, 0.1) is 0 Å². The number of benzene rings is 1. The Bertz CT molecular complexity index is 446. The zero-order valence-corrected chi connectivity index (χ0v) is 8.82. The van der Waals surface area contributed by atoms with E-state index < -0.39 is 0 Å². The normalized spacial score (nSPS) is 11.6. The van der Waals surface area contributed by atoms with Crippen LogP contribution in [0.1, 0.15) is 5.56 Å². The Morgan fingerprint density at radius 2 is 2.12 bits per heavy atom. The van der Waals surface area contributed by atoms with Gasteiger partial charge in [0.1, 0.15) is 5.84 Å². The lowest BCUT2D eigenvalue weighted by atomic mass is 10.2. The molecule has 0 aliphatic heterocycles. The minimum absolute atomic E-state index is 0.556. The zero-order chi connectivity index (χ0) is 11.2. The van der Waals surface area contributed by atoms with E-state index in [2.05, 4.69) is 15.3 Å². The predicted octanol–water partition coefficient (Wildman–Crippen LogP) is 0.684. The van der Waals surface area contributed by atoms with Crippen molar-refractivity contribution in [2.45, 2.75) is 6.54 Å². The van der Waals surface area contributed by atoms with Gasteiger partial charge in [0, 0.05) is 11.8 Å². The molecule has 16 heavy (non-hydrogen) atoms. The van der Waals surface area contributed by atoms with Crippen molar-refractivity contribution in [3.05, 3.63) is 48.3 Å². The number of hydrogen-bond donors (Lipinski definition) is 1. The van der Waals surface area contributed by atoms with Gasteiger partial charge in [-0.2, -0.15) is 0 Å². The molecule has 0 spiro atoms. The van der Waals surface area contributed by atoms with Gasteiger partial charge >= 0.3 is 0 Å². The lowest BCUT2D eigenvalue weighted by Gasteiger charge is -2.00. The molecule has 0 aliphatic carbocycles. The predicted molar refractivity (Wildman–Crippen MR) is 62.1 cm³/mol. The molecule has 0 saturated heterocycles. The van der Waals surface area contributed by atoms with Crippen molar-refractivity contribution < 1.29 is 0 Å². The average Bonchev–Trinajstić information content (AvgIpc) is 2.83. The molecular weight excluding hydrogens is 202 g/mol. The van der Waals surface area contributed by atoms with Crippen molar-refractivity contribution >= 4 is 5.84 Å². The first-order valence-corrected chi connectivity index (χ1v) is 5.06. The first kappa shape index (κ1) is 10.4. The molecular formula is C11H13N5. The van der Waals surface area contributed by atoms with Crippen LogP contribution in [0.2, 0.25) is 0 Å². The molecule has 5 heteroatoms. The third-order valence-electron chi connectivity index (χ3n) is 2.15. The van der Waals surface area contributed by atoms with Gasteiger partial charge in [0.25, 0.3) is 0 Å². The summed E-state index contributed by atoms with van der Waals surface area (Å²) < 4.78 is 1.72. The number of rotatable bonds is 4. The fourth-order valence-electron chi connectivity index (χ4n) is 1.33. The van der Waals surface area contributed by atoms with E-state index >= 15 is 0 Å². The third-order valence-corrected chi connectivity index (χ3v) is 2.15. The molecule has 5 nitrogen and oxygen atoms in total. The quantitative estimate of drug-likeness (QED) is 0.602. The molecule has 0 radical (unpaired) electrons. The van der Waals surface area contributed by atoms with E-state index in [4.69, 9.17) is 5.73 Å². The van der Waals surface area contributed by atoms with Crippen LogP contribution in [0.15, 0.2) is 47.7 Å². The van der Waals surface area contributed by atoms with Crippen LogP contribution in [0.5, 0.6) is 0 Å². The van der Waals surface area contributed by atoms with Gasteiger partial charge in [0.05, 0.1) is 19.3 Å². The molecule has 1 aromatic heterocycles. The monoisotopic (exact) mass is 215 g/mol. The van der Waals surface area contributed by atoms with E-state index in [-0.39, 0.29) is 0 Å². The summed E-state index contributed by atoms with van der Waals surface area (Å²) in [6.07, 6.45) is 3.44. The van der Waals surface area contributed by atoms with Crippen LogP contribution in [-0.4, -0.2) is 27.4 Å². The number of aliphatic imine (C=N–C) groups is 1. The summed E-state index contributed by atoms with van der Waals surface area (Å²) in [5.41, 5.74) is 6.78. The molecule has 0 saturated carbocycles. The molecule has 1 aromatic carbocycles. The molecule has 0 aliphatic rings. The summed E-state index contributed by atoms with van der Waals surface area (Å²) >= 11 is 0. The molecule has 1 heterocycles. The second-order valence-corrected chi connectivity index (χ2v) is 3.30. The number of aromatic nitrogens is 3. The van der Waals surface area contributed by atoms with Crippen molar-refractivity contribution in [3.8, 4) is 0 Å². The Kier molecular flexibility index (Phi) is 3.28. The van der Waals surface area contributed by atoms with Crippen molar-refractivity contribution in [2.75, 3.05) is 6.54 Å². The minimum Gasteiger partial charge on any atom is -0.384 e. The standard InChI is InChI=1S/C11H13N5/c12-11(10-4-2-1-3-5-10)13-6-8-16-9-7-14-15-16/h1-5,7,9H,6,8H2,(H2,12,13). The number of amidine groups is 1. The molecule has 2 aromatic rings. The highest BCUT2D eigenvalue weighted by molar-refractivity contribution is 5.97. The van der Waals surface area contributed by atoms with Gasteiger partial charge in [0.2, 0.25) is 0 Å². The summed E-state index contributed by atoms with van der Waals surface area (Å²) in [5.74, 6) is 0.556.